The minimum atomic E-state index is -4.50. The number of piperidine rings is 1. The summed E-state index contributed by atoms with van der Waals surface area (Å²) in [5.41, 5.74) is -1.99. The van der Waals surface area contributed by atoms with Crippen molar-refractivity contribution < 1.29 is 22.4 Å². The van der Waals surface area contributed by atoms with Crippen molar-refractivity contribution in [3.8, 4) is 11.8 Å². The van der Waals surface area contributed by atoms with Crippen molar-refractivity contribution >= 4 is 34.6 Å². The first-order valence-corrected chi connectivity index (χ1v) is 12.1. The molecule has 1 fully saturated rings. The van der Waals surface area contributed by atoms with Crippen LogP contribution in [0.2, 0.25) is 0 Å². The van der Waals surface area contributed by atoms with E-state index in [-0.39, 0.29) is 41.3 Å². The van der Waals surface area contributed by atoms with E-state index in [0.717, 1.165) is 5.69 Å². The average Bonchev–Trinajstić information content (AvgIpc) is 3.20. The molecule has 1 amide bonds. The van der Waals surface area contributed by atoms with Gasteiger partial charge in [-0.3, -0.25) is 4.79 Å². The van der Waals surface area contributed by atoms with Crippen molar-refractivity contribution in [1.82, 2.24) is 15.0 Å². The Hall–Kier alpha value is -3.36. The lowest BCUT2D eigenvalue weighted by Crippen LogP contribution is -2.45. The van der Waals surface area contributed by atoms with Gasteiger partial charge in [0, 0.05) is 42.8 Å². The van der Waals surface area contributed by atoms with E-state index in [1.54, 1.807) is 55.7 Å². The monoisotopic (exact) mass is 519 g/mol. The molecule has 0 spiro atoms. The Morgan fingerprint density at radius 2 is 2.03 bits per heavy atom. The van der Waals surface area contributed by atoms with Crippen molar-refractivity contribution in [2.24, 2.45) is 0 Å². The number of hydrogen-bond donors (Lipinski definition) is 4. The molecule has 4 N–H and O–H groups in total. The van der Waals surface area contributed by atoms with Crippen molar-refractivity contribution in [3.63, 3.8) is 0 Å². The third kappa shape index (κ3) is 6.25. The smallest absolute Gasteiger partial charge is 0.378 e. The summed E-state index contributed by atoms with van der Waals surface area (Å²) >= 11 is -0.230. The third-order valence-corrected chi connectivity index (χ3v) is 6.54. The Bertz CT molecular complexity index is 1280. The van der Waals surface area contributed by atoms with E-state index in [4.69, 9.17) is 0 Å². The zero-order valence-electron chi connectivity index (χ0n) is 19.4. The van der Waals surface area contributed by atoms with E-state index in [1.807, 2.05) is 0 Å². The third-order valence-electron chi connectivity index (χ3n) is 5.70. The molecule has 1 aliphatic rings. The van der Waals surface area contributed by atoms with Crippen LogP contribution in [0.4, 0.5) is 28.9 Å². The lowest BCUT2D eigenvalue weighted by molar-refractivity contribution is -0.0329. The molecule has 0 aliphatic carbocycles. The van der Waals surface area contributed by atoms with E-state index in [0.29, 0.717) is 29.7 Å². The van der Waals surface area contributed by atoms with E-state index >= 15 is 0 Å². The number of anilines is 2. The molecule has 11 heteroatoms. The summed E-state index contributed by atoms with van der Waals surface area (Å²) in [7, 11) is 1.55. The summed E-state index contributed by atoms with van der Waals surface area (Å²) < 4.78 is 55.9. The average molecular weight is 520 g/mol. The number of hydrogen-bond acceptors (Lipinski definition) is 5. The van der Waals surface area contributed by atoms with Gasteiger partial charge < -0.3 is 25.7 Å². The molecule has 0 bridgehead atoms. The summed E-state index contributed by atoms with van der Waals surface area (Å²) in [5.74, 6) is 5.51. The molecule has 0 unspecified atom stereocenters. The first-order valence-electron chi connectivity index (χ1n) is 11.3. The van der Waals surface area contributed by atoms with Gasteiger partial charge in [0.05, 0.1) is 29.4 Å². The summed E-state index contributed by atoms with van der Waals surface area (Å²) in [5, 5.41) is 11.7. The molecule has 1 aliphatic heterocycles. The number of aromatic nitrogens is 1. The number of carbonyl (C=O) groups excluding carboxylic acids is 1. The summed E-state index contributed by atoms with van der Waals surface area (Å²) in [4.78, 5) is 11.6. The fraction of sp³-hybridized carbons (Fsp3) is 0.320. The number of nitrogens with one attached hydrogen (secondary N) is 4. The van der Waals surface area contributed by atoms with Gasteiger partial charge in [0.1, 0.15) is 11.2 Å². The molecule has 4 rings (SSSR count). The molecule has 36 heavy (non-hydrogen) atoms. The minimum Gasteiger partial charge on any atom is -0.378 e. The van der Waals surface area contributed by atoms with Crippen LogP contribution in [0.1, 0.15) is 22.3 Å². The molecule has 3 aromatic rings. The van der Waals surface area contributed by atoms with Crippen molar-refractivity contribution in [2.75, 3.05) is 37.3 Å². The van der Waals surface area contributed by atoms with E-state index in [9.17, 15) is 22.4 Å². The number of amides is 1. The van der Waals surface area contributed by atoms with Crippen LogP contribution >= 0.6 is 11.8 Å². The van der Waals surface area contributed by atoms with Gasteiger partial charge in [-0.25, -0.2) is 4.39 Å². The number of thioether (sulfide) groups is 1. The summed E-state index contributed by atoms with van der Waals surface area (Å²) in [6, 6.07) is 11.3. The topological polar surface area (TPSA) is 69.6 Å². The van der Waals surface area contributed by atoms with Crippen LogP contribution in [0.5, 0.6) is 0 Å². The Kier molecular flexibility index (Phi) is 7.96. The van der Waals surface area contributed by atoms with Crippen molar-refractivity contribution in [2.45, 2.75) is 29.2 Å². The number of fused-ring (bicyclic) bond motifs is 1. The molecule has 190 valence electrons. The molecule has 6 nitrogen and oxygen atoms in total. The predicted molar refractivity (Wildman–Crippen MR) is 134 cm³/mol. The number of rotatable bonds is 6. The van der Waals surface area contributed by atoms with Gasteiger partial charge in [0.15, 0.2) is 0 Å². The fourth-order valence-corrected chi connectivity index (χ4v) is 4.65. The van der Waals surface area contributed by atoms with E-state index in [2.05, 4.69) is 33.1 Å². The van der Waals surface area contributed by atoms with E-state index in [1.165, 1.54) is 4.40 Å². The maximum absolute atomic E-state index is 14.3. The van der Waals surface area contributed by atoms with Crippen LogP contribution in [0, 0.1) is 11.8 Å². The Morgan fingerprint density at radius 1 is 1.25 bits per heavy atom. The Morgan fingerprint density at radius 3 is 2.72 bits per heavy atom. The van der Waals surface area contributed by atoms with Crippen LogP contribution in [0.3, 0.4) is 0 Å². The number of nitrogens with zero attached hydrogens (tertiary/aromatic N) is 1. The van der Waals surface area contributed by atoms with Gasteiger partial charge in [0.2, 0.25) is 0 Å². The number of carbonyl (C=O) groups is 1. The Labute approximate surface area is 210 Å². The normalized spacial score (nSPS) is 17.8. The van der Waals surface area contributed by atoms with E-state index < -0.39 is 17.7 Å². The molecule has 3 heterocycles. The van der Waals surface area contributed by atoms with Gasteiger partial charge in [0.25, 0.3) is 5.91 Å². The van der Waals surface area contributed by atoms with Crippen LogP contribution in [-0.2, 0) is 0 Å². The van der Waals surface area contributed by atoms with Crippen LogP contribution in [0.15, 0.2) is 53.7 Å². The first kappa shape index (κ1) is 25.7. The molecular weight excluding hydrogens is 494 g/mol. The SMILES string of the molecule is CNC(=O)c1ccc(NCC#Cc2cc3c(N[C@@H]4CCNC[C@@H]4F)cccn3c2SC(F)(F)F)cc1. The van der Waals surface area contributed by atoms with Crippen LogP contribution in [-0.4, -0.2) is 54.7 Å². The van der Waals surface area contributed by atoms with Gasteiger partial charge in [-0.15, -0.1) is 0 Å². The molecule has 2 atom stereocenters. The van der Waals surface area contributed by atoms with Crippen LogP contribution < -0.4 is 21.3 Å². The first-order chi connectivity index (χ1) is 17.2. The maximum Gasteiger partial charge on any atom is 0.447 e. The summed E-state index contributed by atoms with van der Waals surface area (Å²) in [6.45, 7) is 1.08. The zero-order valence-corrected chi connectivity index (χ0v) is 20.2. The molecule has 2 aromatic heterocycles. The van der Waals surface area contributed by atoms with Gasteiger partial charge in [-0.05, 0) is 55.4 Å². The molecule has 0 saturated carbocycles. The quantitative estimate of drug-likeness (QED) is 0.220. The van der Waals surface area contributed by atoms with Gasteiger partial charge in [-0.2, -0.15) is 13.2 Å². The van der Waals surface area contributed by atoms with Crippen molar-refractivity contribution in [1.29, 1.82) is 0 Å². The lowest BCUT2D eigenvalue weighted by atomic mass is 10.0. The zero-order chi connectivity index (χ0) is 25.7. The highest BCUT2D eigenvalue weighted by molar-refractivity contribution is 8.00. The highest BCUT2D eigenvalue weighted by atomic mass is 32.2. The molecule has 1 aromatic carbocycles. The lowest BCUT2D eigenvalue weighted by Gasteiger charge is -2.28. The second-order valence-corrected chi connectivity index (χ2v) is 9.21. The summed E-state index contributed by atoms with van der Waals surface area (Å²) in [6.07, 6.45) is 1.01. The number of pyridine rings is 1. The van der Waals surface area contributed by atoms with Crippen molar-refractivity contribution in [3.05, 3.63) is 59.8 Å². The molecule has 0 radical (unpaired) electrons. The van der Waals surface area contributed by atoms with Gasteiger partial charge >= 0.3 is 5.51 Å². The second kappa shape index (κ2) is 11.1. The number of halogens is 4. The maximum atomic E-state index is 14.3. The predicted octanol–water partition coefficient (Wildman–Crippen LogP) is 4.49. The Balaban J connectivity index is 1.56. The number of alkyl halides is 4. The van der Waals surface area contributed by atoms with Gasteiger partial charge in [-0.1, -0.05) is 11.8 Å². The standard InChI is InChI=1S/C25H25F4N5OS/c1-30-23(35)16-6-8-18(9-7-16)32-11-2-4-17-14-22-21(33-20-10-12-31-15-19(20)26)5-3-13-34(22)24(17)36-25(27,28)29/h3,5-9,13-14,19-20,31-33H,10-12,15H2,1H3,(H,30,35)/t19-,20+/m0/s1. The molecule has 1 saturated heterocycles. The fourth-order valence-electron chi connectivity index (χ4n) is 3.95. The minimum absolute atomic E-state index is 0.0503. The highest BCUT2D eigenvalue weighted by Crippen LogP contribution is 2.40. The highest BCUT2D eigenvalue weighted by Gasteiger charge is 2.33. The van der Waals surface area contributed by atoms with Crippen LogP contribution in [0.25, 0.3) is 5.52 Å². The second-order valence-electron chi connectivity index (χ2n) is 8.16. The number of benzene rings is 1. The largest absolute Gasteiger partial charge is 0.447 e. The molecular formula is C25H25F4N5OS.